The number of aliphatic hydroxyl groups is 5. The highest BCUT2D eigenvalue weighted by atomic mass is 31.2. The molecule has 8 atom stereocenters. The number of epoxide rings is 1. The number of carbonyl (C=O) groups excluding carboxylic acids is 2. The number of unbranched alkanes of at least 4 members (excludes halogenated alkanes) is 13. The molecular formula is C45H77O14P. The highest BCUT2D eigenvalue weighted by molar-refractivity contribution is 7.47. The molecule has 15 heteroatoms. The maximum absolute atomic E-state index is 12.8. The SMILES string of the molecule is CCCCCC=CCC1OC1CC=CCC=CCCCC(=O)OC(COC(=O)CCCCCCCC=CCCCCCC)COP(=O)(O)OC1C(O)C(O)C(O)C(O)C1O. The maximum atomic E-state index is 12.8. The van der Waals surface area contributed by atoms with Crippen LogP contribution in [0.2, 0.25) is 0 Å². The molecule has 0 spiro atoms. The molecule has 2 rings (SSSR count). The molecule has 0 aromatic heterocycles. The molecule has 60 heavy (non-hydrogen) atoms. The number of rotatable bonds is 35. The number of allylic oxidation sites excluding steroid dienone is 6. The van der Waals surface area contributed by atoms with Crippen LogP contribution in [0.4, 0.5) is 0 Å². The van der Waals surface area contributed by atoms with Gasteiger partial charge in [-0.2, -0.15) is 0 Å². The number of hydrogen-bond donors (Lipinski definition) is 6. The molecule has 0 bridgehead atoms. The van der Waals surface area contributed by atoms with E-state index in [0.717, 1.165) is 64.2 Å². The quantitative estimate of drug-likeness (QED) is 0.0120. The molecule has 1 aliphatic heterocycles. The Hall–Kier alpha value is -2.23. The van der Waals surface area contributed by atoms with Crippen LogP contribution in [-0.2, 0) is 37.4 Å². The van der Waals surface area contributed by atoms with Crippen molar-refractivity contribution in [1.82, 2.24) is 0 Å². The van der Waals surface area contributed by atoms with Gasteiger partial charge in [-0.1, -0.05) is 114 Å². The Bertz CT molecular complexity index is 1300. The van der Waals surface area contributed by atoms with Crippen LogP contribution in [0.3, 0.4) is 0 Å². The Balaban J connectivity index is 1.75. The van der Waals surface area contributed by atoms with Crippen molar-refractivity contribution < 1.29 is 67.8 Å². The number of carbonyl (C=O) groups is 2. The largest absolute Gasteiger partial charge is 0.472 e. The van der Waals surface area contributed by atoms with E-state index >= 15 is 0 Å². The molecule has 0 aromatic carbocycles. The third kappa shape index (κ3) is 24.4. The number of hydrogen-bond acceptors (Lipinski definition) is 13. The van der Waals surface area contributed by atoms with Crippen molar-refractivity contribution in [3.63, 3.8) is 0 Å². The van der Waals surface area contributed by atoms with Gasteiger partial charge in [0, 0.05) is 12.8 Å². The molecule has 2 aliphatic rings. The van der Waals surface area contributed by atoms with Crippen molar-refractivity contribution in [1.29, 1.82) is 0 Å². The van der Waals surface area contributed by atoms with Crippen molar-refractivity contribution in [2.75, 3.05) is 13.2 Å². The van der Waals surface area contributed by atoms with E-state index in [1.165, 1.54) is 44.9 Å². The summed E-state index contributed by atoms with van der Waals surface area (Å²) in [4.78, 5) is 35.6. The van der Waals surface area contributed by atoms with Gasteiger partial charge in [-0.15, -0.1) is 0 Å². The summed E-state index contributed by atoms with van der Waals surface area (Å²) < 4.78 is 39.2. The van der Waals surface area contributed by atoms with Crippen LogP contribution in [0.15, 0.2) is 48.6 Å². The van der Waals surface area contributed by atoms with Crippen molar-refractivity contribution in [2.45, 2.75) is 210 Å². The Morgan fingerprint density at radius 3 is 1.70 bits per heavy atom. The monoisotopic (exact) mass is 873 g/mol. The zero-order valence-corrected chi connectivity index (χ0v) is 37.1. The van der Waals surface area contributed by atoms with Crippen molar-refractivity contribution in [3.05, 3.63) is 48.6 Å². The van der Waals surface area contributed by atoms with Crippen LogP contribution in [0.1, 0.15) is 155 Å². The number of ether oxygens (including phenoxy) is 3. The fourth-order valence-electron chi connectivity index (χ4n) is 6.73. The van der Waals surface area contributed by atoms with E-state index < -0.39 is 75.7 Å². The fraction of sp³-hybridized carbons (Fsp3) is 0.778. The number of phosphoric ester groups is 1. The predicted molar refractivity (Wildman–Crippen MR) is 230 cm³/mol. The van der Waals surface area contributed by atoms with Crippen LogP contribution in [-0.4, -0.2) is 111 Å². The second-order valence-corrected chi connectivity index (χ2v) is 17.3. The normalized spacial score (nSPS) is 26.0. The lowest BCUT2D eigenvalue weighted by Crippen LogP contribution is -2.64. The summed E-state index contributed by atoms with van der Waals surface area (Å²) in [5.41, 5.74) is 0. The topological polar surface area (TPSA) is 222 Å². The first kappa shape index (κ1) is 53.9. The molecular weight excluding hydrogens is 795 g/mol. The van der Waals surface area contributed by atoms with Crippen LogP contribution < -0.4 is 0 Å². The van der Waals surface area contributed by atoms with Gasteiger partial charge in [-0.05, 0) is 77.0 Å². The Morgan fingerprint density at radius 2 is 1.05 bits per heavy atom. The van der Waals surface area contributed by atoms with Crippen molar-refractivity contribution in [2.24, 2.45) is 0 Å². The smallest absolute Gasteiger partial charge is 0.462 e. The van der Waals surface area contributed by atoms with Crippen LogP contribution >= 0.6 is 7.82 Å². The minimum Gasteiger partial charge on any atom is -0.462 e. The maximum Gasteiger partial charge on any atom is 0.472 e. The number of phosphoric acid groups is 1. The van der Waals surface area contributed by atoms with Crippen molar-refractivity contribution >= 4 is 19.8 Å². The highest BCUT2D eigenvalue weighted by Crippen LogP contribution is 2.47. The third-order valence-corrected chi connectivity index (χ3v) is 11.5. The predicted octanol–water partition coefficient (Wildman–Crippen LogP) is 7.38. The second-order valence-electron chi connectivity index (χ2n) is 15.9. The molecule has 1 heterocycles. The first-order valence-corrected chi connectivity index (χ1v) is 24.1. The van der Waals surface area contributed by atoms with Crippen LogP contribution in [0.5, 0.6) is 0 Å². The van der Waals surface area contributed by atoms with Crippen LogP contribution in [0, 0.1) is 0 Å². The molecule has 346 valence electrons. The standard InChI is InChI=1S/C45H77O14P/c1-3-5-7-9-11-12-13-14-15-16-19-23-27-31-38(46)55-33-35(34-56-60(53,54)59-45-43(51)41(49)40(48)42(50)44(45)52)57-39(47)32-28-24-20-17-18-22-26-30-37-36(58-37)29-25-21-10-8-6-4-2/h12-13,17,20-22,25-26,35-37,40-45,48-52H,3-11,14-16,18-19,23-24,27-34H2,1-2H3,(H,53,54). The van der Waals surface area contributed by atoms with Gasteiger partial charge in [0.2, 0.25) is 0 Å². The van der Waals surface area contributed by atoms with Gasteiger partial charge in [-0.3, -0.25) is 18.6 Å². The summed E-state index contributed by atoms with van der Waals surface area (Å²) in [5.74, 6) is -1.18. The molecule has 1 saturated heterocycles. The summed E-state index contributed by atoms with van der Waals surface area (Å²) in [6.45, 7) is 3.18. The minimum absolute atomic E-state index is 0.0126. The number of aliphatic hydroxyl groups excluding tert-OH is 5. The molecule has 2 fully saturated rings. The fourth-order valence-corrected chi connectivity index (χ4v) is 7.70. The summed E-state index contributed by atoms with van der Waals surface area (Å²) in [7, 11) is -5.14. The molecule has 6 N–H and O–H groups in total. The van der Waals surface area contributed by atoms with Gasteiger partial charge in [-0.25, -0.2) is 4.57 Å². The molecule has 1 saturated carbocycles. The molecule has 14 nitrogen and oxygen atoms in total. The lowest BCUT2D eigenvalue weighted by atomic mass is 9.85. The van der Waals surface area contributed by atoms with Crippen molar-refractivity contribution in [3.8, 4) is 0 Å². The Morgan fingerprint density at radius 1 is 0.583 bits per heavy atom. The van der Waals surface area contributed by atoms with E-state index in [0.29, 0.717) is 25.4 Å². The van der Waals surface area contributed by atoms with E-state index in [4.69, 9.17) is 23.3 Å². The van der Waals surface area contributed by atoms with E-state index in [1.807, 2.05) is 12.2 Å². The number of esters is 2. The van der Waals surface area contributed by atoms with Gasteiger partial charge in [0.05, 0.1) is 18.8 Å². The molecule has 0 aromatic rings. The average molecular weight is 873 g/mol. The molecule has 8 unspecified atom stereocenters. The van der Waals surface area contributed by atoms with E-state index in [1.54, 1.807) is 0 Å². The van der Waals surface area contributed by atoms with Gasteiger partial charge >= 0.3 is 19.8 Å². The summed E-state index contributed by atoms with van der Waals surface area (Å²) in [5, 5.41) is 50.1. The molecule has 1 aliphatic carbocycles. The second kappa shape index (κ2) is 32.4. The van der Waals surface area contributed by atoms with E-state index in [-0.39, 0.29) is 18.9 Å². The van der Waals surface area contributed by atoms with Gasteiger partial charge in [0.1, 0.15) is 43.2 Å². The van der Waals surface area contributed by atoms with Crippen LogP contribution in [0.25, 0.3) is 0 Å². The van der Waals surface area contributed by atoms with E-state index in [9.17, 15) is 44.6 Å². The third-order valence-electron chi connectivity index (χ3n) is 10.5. The van der Waals surface area contributed by atoms with E-state index in [2.05, 4.69) is 50.3 Å². The zero-order chi connectivity index (χ0) is 44.0. The molecule has 0 amide bonds. The minimum atomic E-state index is -5.14. The first-order chi connectivity index (χ1) is 28.9. The summed E-state index contributed by atoms with van der Waals surface area (Å²) in [6.07, 6.45) is 24.9. The summed E-state index contributed by atoms with van der Waals surface area (Å²) >= 11 is 0. The van der Waals surface area contributed by atoms with Gasteiger partial charge < -0.3 is 44.6 Å². The Labute approximate surface area is 358 Å². The lowest BCUT2D eigenvalue weighted by molar-refractivity contribution is -0.220. The Kier molecular flexibility index (Phi) is 29.1. The zero-order valence-electron chi connectivity index (χ0n) is 36.2. The summed E-state index contributed by atoms with van der Waals surface area (Å²) in [6, 6.07) is 0. The first-order valence-electron chi connectivity index (χ1n) is 22.6. The highest BCUT2D eigenvalue weighted by Gasteiger charge is 2.51. The van der Waals surface area contributed by atoms with Gasteiger partial charge in [0.15, 0.2) is 6.10 Å². The lowest BCUT2D eigenvalue weighted by Gasteiger charge is -2.41. The van der Waals surface area contributed by atoms with Gasteiger partial charge in [0.25, 0.3) is 0 Å². The molecule has 0 radical (unpaired) electrons. The average Bonchev–Trinajstić information content (AvgIpc) is 3.99.